The molecule has 2 rings (SSSR count). The molecular weight excluding hydrogens is 889 g/mol. The normalized spacial score (nSPS) is 13.8. The number of hydrogen-bond acceptors (Lipinski definition) is 12. The molecule has 2 aromatic rings. The molecule has 68 heavy (non-hydrogen) atoms. The number of ketones is 1. The lowest BCUT2D eigenvalue weighted by Gasteiger charge is -2.34. The van der Waals surface area contributed by atoms with Crippen LogP contribution in [-0.2, 0) is 60.8 Å². The smallest absolute Gasteiger partial charge is 0.305 e. The Bertz CT molecular complexity index is 2170. The van der Waals surface area contributed by atoms with Crippen molar-refractivity contribution in [2.45, 2.75) is 143 Å². The number of nitrogens with two attached hydrogens (primary N) is 1. The van der Waals surface area contributed by atoms with Crippen LogP contribution in [0.4, 0.5) is 5.69 Å². The summed E-state index contributed by atoms with van der Waals surface area (Å²) in [7, 11) is 0. The number of aryl methyl sites for hydroxylation is 1. The molecule has 1 unspecified atom stereocenters. The highest BCUT2D eigenvalue weighted by Gasteiger charge is 2.39. The van der Waals surface area contributed by atoms with Crippen LogP contribution in [0.5, 0.6) is 0 Å². The zero-order valence-electron chi connectivity index (χ0n) is 39.3. The van der Waals surface area contributed by atoms with Crippen LogP contribution >= 0.6 is 0 Å². The van der Waals surface area contributed by atoms with Crippen molar-refractivity contribution < 1.29 is 63.1 Å². The first-order chi connectivity index (χ1) is 31.7. The molecule has 0 saturated heterocycles. The maximum Gasteiger partial charge on any atom is 0.305 e. The Morgan fingerprint density at radius 1 is 0.676 bits per heavy atom. The van der Waals surface area contributed by atoms with Crippen molar-refractivity contribution in [1.29, 1.82) is 0 Å². The molecule has 0 radical (unpaired) electrons. The topological polar surface area (TPSA) is 352 Å². The van der Waals surface area contributed by atoms with Gasteiger partial charge in [-0.1, -0.05) is 90.8 Å². The van der Waals surface area contributed by atoms with Gasteiger partial charge in [0.1, 0.15) is 30.2 Å². The summed E-state index contributed by atoms with van der Waals surface area (Å²) in [6.45, 7) is 12.1. The number of carboxylic acid groups (broad SMARTS) is 2. The molecule has 0 saturated carbocycles. The van der Waals surface area contributed by atoms with Gasteiger partial charge < -0.3 is 47.8 Å². The van der Waals surface area contributed by atoms with Crippen molar-refractivity contribution in [3.05, 3.63) is 75.3 Å². The van der Waals surface area contributed by atoms with E-state index in [2.05, 4.69) is 31.9 Å². The number of carbonyl (C=O) groups excluding carboxylic acids is 8. The van der Waals surface area contributed by atoms with Crippen LogP contribution in [0.15, 0.2) is 48.5 Å². The molecule has 10 N–H and O–H groups in total. The molecule has 0 aliphatic rings. The van der Waals surface area contributed by atoms with E-state index in [9.17, 15) is 63.2 Å². The number of amides is 7. The van der Waals surface area contributed by atoms with Crippen molar-refractivity contribution in [1.82, 2.24) is 31.9 Å². The standard InChI is InChI=1S/C46H64N8O14/c1-8-9-14-30(38(60)40(47)61)49-41(62)31(21-25(2)3)52-45(66)39(46(5,6)7)53-44(65)33(23-28-13-11-10-12-26(28)4)51-42(63)32(22-27-15-17-29(18-16-27)54(67)68)50-43(64)34(24-37(58)59)48-35(55)19-20-36(56)57/h10-13,15-18,25,30-34,39H,8-9,14,19-24H2,1-7H3,(H2,47,61)(H,48,55)(H,49,62)(H,50,64)(H,51,63)(H,52,66)(H,53,65)(H,56,57)(H,58,59)/t30?,31-,32+,33-,34-,39+/m0/s1. The SMILES string of the molecule is CCCCC(NC(=O)[C@H](CC(C)C)NC(=O)[C@@H](NC(=O)[C@H](Cc1ccccc1C)NC(=O)[C@@H](Cc1ccc([N+](=O)[O-])cc1)NC(=O)[C@H](CC(=O)O)NC(=O)CCC(=O)O)C(C)(C)C)C(=O)C(N)=O. The number of nitrogens with one attached hydrogen (secondary N) is 6. The minimum atomic E-state index is -1.80. The zero-order chi connectivity index (χ0) is 51.5. The van der Waals surface area contributed by atoms with E-state index < -0.39 is 125 Å². The fourth-order valence-corrected chi connectivity index (χ4v) is 6.88. The molecule has 0 fully saturated rings. The summed E-state index contributed by atoms with van der Waals surface area (Å²) in [4.78, 5) is 141. The lowest BCUT2D eigenvalue weighted by atomic mass is 9.85. The van der Waals surface area contributed by atoms with Gasteiger partial charge in [-0.3, -0.25) is 58.1 Å². The number of carboxylic acids is 2. The van der Waals surface area contributed by atoms with Gasteiger partial charge in [-0.2, -0.15) is 0 Å². The van der Waals surface area contributed by atoms with Gasteiger partial charge in [0, 0.05) is 31.4 Å². The second-order valence-electron chi connectivity index (χ2n) is 17.9. The predicted molar refractivity (Wildman–Crippen MR) is 245 cm³/mol. The van der Waals surface area contributed by atoms with Gasteiger partial charge in [0.05, 0.1) is 23.8 Å². The Balaban J connectivity index is 2.60. The van der Waals surface area contributed by atoms with E-state index in [0.29, 0.717) is 24.0 Å². The minimum Gasteiger partial charge on any atom is -0.481 e. The highest BCUT2D eigenvalue weighted by Crippen LogP contribution is 2.22. The van der Waals surface area contributed by atoms with E-state index in [4.69, 9.17) is 10.8 Å². The fourth-order valence-electron chi connectivity index (χ4n) is 6.88. The number of carbonyl (C=O) groups is 10. The maximum atomic E-state index is 14.5. The van der Waals surface area contributed by atoms with Gasteiger partial charge in [-0.15, -0.1) is 0 Å². The quantitative estimate of drug-likeness (QED) is 0.0330. The summed E-state index contributed by atoms with van der Waals surface area (Å²) < 4.78 is 0. The molecule has 0 aliphatic heterocycles. The molecular formula is C46H64N8O14. The summed E-state index contributed by atoms with van der Waals surface area (Å²) in [5, 5.41) is 45.1. The van der Waals surface area contributed by atoms with Gasteiger partial charge in [0.25, 0.3) is 11.6 Å². The maximum absolute atomic E-state index is 14.5. The first-order valence-corrected chi connectivity index (χ1v) is 22.1. The van der Waals surface area contributed by atoms with Crippen LogP contribution < -0.4 is 37.6 Å². The Labute approximate surface area is 393 Å². The third-order valence-electron chi connectivity index (χ3n) is 10.6. The number of hydrogen-bond donors (Lipinski definition) is 9. The molecule has 0 spiro atoms. The van der Waals surface area contributed by atoms with E-state index >= 15 is 0 Å². The van der Waals surface area contributed by atoms with Crippen LogP contribution in [0.1, 0.15) is 103 Å². The first kappa shape index (κ1) is 56.9. The number of benzene rings is 2. The summed E-state index contributed by atoms with van der Waals surface area (Å²) in [5.74, 6) is -10.9. The summed E-state index contributed by atoms with van der Waals surface area (Å²) in [6.07, 6.45) is -1.43. The van der Waals surface area contributed by atoms with Crippen LogP contribution in [0.25, 0.3) is 0 Å². The van der Waals surface area contributed by atoms with Gasteiger partial charge in [0.2, 0.25) is 41.2 Å². The highest BCUT2D eigenvalue weighted by molar-refractivity contribution is 6.37. The summed E-state index contributed by atoms with van der Waals surface area (Å²) in [5.41, 5.74) is 5.48. The van der Waals surface area contributed by atoms with Crippen molar-refractivity contribution in [3.8, 4) is 0 Å². The predicted octanol–water partition coefficient (Wildman–Crippen LogP) is 1.27. The summed E-state index contributed by atoms with van der Waals surface area (Å²) in [6, 6.07) is 3.02. The van der Waals surface area contributed by atoms with Gasteiger partial charge in [-0.25, -0.2) is 0 Å². The minimum absolute atomic E-state index is 0.0841. The lowest BCUT2D eigenvalue weighted by molar-refractivity contribution is -0.384. The molecule has 7 amide bonds. The molecule has 2 aromatic carbocycles. The van der Waals surface area contributed by atoms with Crippen LogP contribution in [-0.4, -0.2) is 110 Å². The molecule has 0 bridgehead atoms. The number of rotatable bonds is 28. The highest BCUT2D eigenvalue weighted by atomic mass is 16.6. The molecule has 0 aliphatic carbocycles. The molecule has 372 valence electrons. The number of nitrogens with zero attached hydrogens (tertiary/aromatic N) is 1. The van der Waals surface area contributed by atoms with Crippen LogP contribution in [0, 0.1) is 28.4 Å². The lowest BCUT2D eigenvalue weighted by Crippen LogP contribution is -2.62. The van der Waals surface area contributed by atoms with E-state index in [1.54, 1.807) is 65.8 Å². The average molecular weight is 953 g/mol. The monoisotopic (exact) mass is 952 g/mol. The number of Topliss-reactive ketones (excluding diaryl/α,β-unsaturated/α-hetero) is 1. The van der Waals surface area contributed by atoms with Crippen molar-refractivity contribution in [2.24, 2.45) is 17.1 Å². The van der Waals surface area contributed by atoms with E-state index in [1.807, 2.05) is 6.92 Å². The fraction of sp³-hybridized carbons (Fsp3) is 0.522. The van der Waals surface area contributed by atoms with Crippen LogP contribution in [0.2, 0.25) is 0 Å². The molecule has 6 atom stereocenters. The summed E-state index contributed by atoms with van der Waals surface area (Å²) >= 11 is 0. The number of unbranched alkanes of at least 4 members (excludes halogenated alkanes) is 1. The number of primary amides is 1. The van der Waals surface area contributed by atoms with Gasteiger partial charge >= 0.3 is 11.9 Å². The number of non-ortho nitro benzene ring substituents is 1. The van der Waals surface area contributed by atoms with Crippen molar-refractivity contribution in [3.63, 3.8) is 0 Å². The Kier molecular flexibility index (Phi) is 22.4. The average Bonchev–Trinajstić information content (AvgIpc) is 3.24. The molecule has 0 heterocycles. The molecule has 22 nitrogen and oxygen atoms in total. The second kappa shape index (κ2) is 26.8. The second-order valence-corrected chi connectivity index (χ2v) is 17.9. The zero-order valence-corrected chi connectivity index (χ0v) is 39.3. The molecule has 0 aromatic heterocycles. The van der Waals surface area contributed by atoms with Crippen molar-refractivity contribution in [2.75, 3.05) is 0 Å². The third-order valence-corrected chi connectivity index (χ3v) is 10.6. The first-order valence-electron chi connectivity index (χ1n) is 22.1. The van der Waals surface area contributed by atoms with E-state index in [-0.39, 0.29) is 42.9 Å². The van der Waals surface area contributed by atoms with Gasteiger partial charge in [-0.05, 0) is 47.8 Å². The number of nitro benzene ring substituents is 1. The Morgan fingerprint density at radius 3 is 1.72 bits per heavy atom. The Hall–Kier alpha value is -7.26. The number of nitro groups is 1. The van der Waals surface area contributed by atoms with Gasteiger partial charge in [0.15, 0.2) is 0 Å². The Morgan fingerprint density at radius 2 is 1.21 bits per heavy atom. The van der Waals surface area contributed by atoms with E-state index in [1.165, 1.54) is 12.1 Å². The third kappa shape index (κ3) is 19.3. The van der Waals surface area contributed by atoms with Crippen LogP contribution in [0.3, 0.4) is 0 Å². The number of aliphatic carboxylic acids is 2. The largest absolute Gasteiger partial charge is 0.481 e. The molecule has 22 heteroatoms. The van der Waals surface area contributed by atoms with E-state index in [0.717, 1.165) is 12.1 Å². The van der Waals surface area contributed by atoms with Crippen molar-refractivity contribution >= 4 is 64.8 Å².